The molecule has 0 unspecified atom stereocenters. The van der Waals surface area contributed by atoms with Crippen molar-refractivity contribution < 1.29 is 9.72 Å². The summed E-state index contributed by atoms with van der Waals surface area (Å²) in [5, 5.41) is 13.8. The van der Waals surface area contributed by atoms with E-state index in [1.54, 1.807) is 0 Å². The SMILES string of the molecule is N[C@@H]1CCCC[C@H]1NC(=O)c1cc(Cl)cc([N+](=O)[O-])c1. The molecule has 0 bridgehead atoms. The summed E-state index contributed by atoms with van der Waals surface area (Å²) in [5.41, 5.74) is 5.95. The third kappa shape index (κ3) is 3.46. The van der Waals surface area contributed by atoms with Gasteiger partial charge in [0.1, 0.15) is 0 Å². The first kappa shape index (κ1) is 14.7. The Morgan fingerprint density at radius 1 is 1.35 bits per heavy atom. The van der Waals surface area contributed by atoms with Gasteiger partial charge in [-0.1, -0.05) is 24.4 Å². The highest BCUT2D eigenvalue weighted by Crippen LogP contribution is 2.22. The Morgan fingerprint density at radius 3 is 2.70 bits per heavy atom. The molecule has 108 valence electrons. The molecule has 0 heterocycles. The molecule has 0 aromatic heterocycles. The van der Waals surface area contributed by atoms with Gasteiger partial charge >= 0.3 is 0 Å². The second-order valence-electron chi connectivity index (χ2n) is 4.98. The minimum Gasteiger partial charge on any atom is -0.348 e. The number of nitrogens with zero attached hydrogens (tertiary/aromatic N) is 1. The van der Waals surface area contributed by atoms with E-state index in [1.807, 2.05) is 0 Å². The summed E-state index contributed by atoms with van der Waals surface area (Å²) in [5.74, 6) is -0.377. The Balaban J connectivity index is 2.14. The van der Waals surface area contributed by atoms with Crippen LogP contribution in [0.4, 0.5) is 5.69 Å². The first-order valence-corrected chi connectivity index (χ1v) is 6.86. The summed E-state index contributed by atoms with van der Waals surface area (Å²) in [6, 6.07) is 3.69. The third-order valence-electron chi connectivity index (χ3n) is 3.49. The Bertz CT molecular complexity index is 536. The van der Waals surface area contributed by atoms with Crippen LogP contribution in [0, 0.1) is 10.1 Å². The zero-order valence-electron chi connectivity index (χ0n) is 10.8. The number of nitro benzene ring substituents is 1. The molecule has 3 N–H and O–H groups in total. The van der Waals surface area contributed by atoms with E-state index in [2.05, 4.69) is 5.32 Å². The lowest BCUT2D eigenvalue weighted by Gasteiger charge is -2.29. The van der Waals surface area contributed by atoms with Crippen molar-refractivity contribution in [3.8, 4) is 0 Å². The van der Waals surface area contributed by atoms with Crippen molar-refractivity contribution in [1.29, 1.82) is 0 Å². The summed E-state index contributed by atoms with van der Waals surface area (Å²) in [6.45, 7) is 0. The molecule has 0 radical (unpaired) electrons. The van der Waals surface area contributed by atoms with Crippen molar-refractivity contribution in [2.75, 3.05) is 0 Å². The van der Waals surface area contributed by atoms with E-state index in [4.69, 9.17) is 17.3 Å². The van der Waals surface area contributed by atoms with Crippen LogP contribution in [0.2, 0.25) is 5.02 Å². The summed E-state index contributed by atoms with van der Waals surface area (Å²) in [4.78, 5) is 22.3. The van der Waals surface area contributed by atoms with Crippen LogP contribution in [-0.4, -0.2) is 22.9 Å². The number of carbonyl (C=O) groups is 1. The fraction of sp³-hybridized carbons (Fsp3) is 0.462. The van der Waals surface area contributed by atoms with E-state index in [-0.39, 0.29) is 34.3 Å². The highest BCUT2D eigenvalue weighted by Gasteiger charge is 2.24. The average molecular weight is 298 g/mol. The van der Waals surface area contributed by atoms with Crippen molar-refractivity contribution in [2.45, 2.75) is 37.8 Å². The van der Waals surface area contributed by atoms with Crippen LogP contribution in [0.1, 0.15) is 36.0 Å². The van der Waals surface area contributed by atoms with Gasteiger partial charge in [0, 0.05) is 34.8 Å². The lowest BCUT2D eigenvalue weighted by molar-refractivity contribution is -0.384. The van der Waals surface area contributed by atoms with Gasteiger partial charge in [0.25, 0.3) is 11.6 Å². The largest absolute Gasteiger partial charge is 0.348 e. The van der Waals surface area contributed by atoms with Crippen LogP contribution in [0.5, 0.6) is 0 Å². The quantitative estimate of drug-likeness (QED) is 0.660. The Kier molecular flexibility index (Phi) is 4.57. The van der Waals surface area contributed by atoms with Crippen LogP contribution < -0.4 is 11.1 Å². The third-order valence-corrected chi connectivity index (χ3v) is 3.71. The number of nitrogens with one attached hydrogen (secondary N) is 1. The van der Waals surface area contributed by atoms with Gasteiger partial charge in [0.2, 0.25) is 0 Å². The normalized spacial score (nSPS) is 22.3. The number of rotatable bonds is 3. The average Bonchev–Trinajstić information content (AvgIpc) is 2.40. The fourth-order valence-electron chi connectivity index (χ4n) is 2.40. The van der Waals surface area contributed by atoms with Crippen LogP contribution in [-0.2, 0) is 0 Å². The maximum absolute atomic E-state index is 12.1. The maximum Gasteiger partial charge on any atom is 0.271 e. The van der Waals surface area contributed by atoms with Crippen molar-refractivity contribution in [2.24, 2.45) is 5.73 Å². The molecule has 1 fully saturated rings. The number of halogens is 1. The van der Waals surface area contributed by atoms with Gasteiger partial charge in [-0.05, 0) is 18.9 Å². The fourth-order valence-corrected chi connectivity index (χ4v) is 2.63. The van der Waals surface area contributed by atoms with Gasteiger partial charge in [-0.2, -0.15) is 0 Å². The second kappa shape index (κ2) is 6.19. The molecule has 1 aliphatic carbocycles. The number of benzene rings is 1. The zero-order valence-corrected chi connectivity index (χ0v) is 11.6. The van der Waals surface area contributed by atoms with E-state index in [0.717, 1.165) is 25.7 Å². The maximum atomic E-state index is 12.1. The molecule has 1 amide bonds. The molecule has 0 saturated heterocycles. The van der Waals surface area contributed by atoms with Gasteiger partial charge in [-0.15, -0.1) is 0 Å². The van der Waals surface area contributed by atoms with E-state index in [0.29, 0.717) is 0 Å². The molecule has 0 spiro atoms. The summed E-state index contributed by atoms with van der Waals surface area (Å²) >= 11 is 5.80. The number of carbonyl (C=O) groups excluding carboxylic acids is 1. The molecule has 2 rings (SSSR count). The topological polar surface area (TPSA) is 98.3 Å². The minimum atomic E-state index is -0.574. The molecule has 20 heavy (non-hydrogen) atoms. The van der Waals surface area contributed by atoms with Crippen LogP contribution >= 0.6 is 11.6 Å². The van der Waals surface area contributed by atoms with Gasteiger partial charge in [0.05, 0.1) is 4.92 Å². The Hall–Kier alpha value is -1.66. The summed E-state index contributed by atoms with van der Waals surface area (Å²) in [6.07, 6.45) is 3.79. The van der Waals surface area contributed by atoms with Gasteiger partial charge in [-0.3, -0.25) is 14.9 Å². The van der Waals surface area contributed by atoms with Crippen molar-refractivity contribution in [1.82, 2.24) is 5.32 Å². The van der Waals surface area contributed by atoms with E-state index in [1.165, 1.54) is 18.2 Å². The number of hydrogen-bond donors (Lipinski definition) is 2. The van der Waals surface area contributed by atoms with Gasteiger partial charge in [0.15, 0.2) is 0 Å². The van der Waals surface area contributed by atoms with Crippen LogP contribution in [0.15, 0.2) is 18.2 Å². The first-order chi connectivity index (χ1) is 9.47. The highest BCUT2D eigenvalue weighted by atomic mass is 35.5. The second-order valence-corrected chi connectivity index (χ2v) is 5.42. The number of non-ortho nitro benzene ring substituents is 1. The molecule has 1 aromatic rings. The van der Waals surface area contributed by atoms with E-state index in [9.17, 15) is 14.9 Å². The van der Waals surface area contributed by atoms with Crippen molar-refractivity contribution in [3.05, 3.63) is 38.9 Å². The lowest BCUT2D eigenvalue weighted by atomic mass is 9.91. The molecule has 2 atom stereocenters. The number of amides is 1. The molecular weight excluding hydrogens is 282 g/mol. The summed E-state index contributed by atoms with van der Waals surface area (Å²) in [7, 11) is 0. The van der Waals surface area contributed by atoms with Gasteiger partial charge < -0.3 is 11.1 Å². The molecule has 7 heteroatoms. The molecule has 1 aromatic carbocycles. The molecular formula is C13H16ClN3O3. The van der Waals surface area contributed by atoms with Crippen molar-refractivity contribution in [3.63, 3.8) is 0 Å². The molecule has 1 saturated carbocycles. The lowest BCUT2D eigenvalue weighted by Crippen LogP contribution is -2.49. The smallest absolute Gasteiger partial charge is 0.271 e. The number of nitro groups is 1. The van der Waals surface area contributed by atoms with Crippen LogP contribution in [0.25, 0.3) is 0 Å². The predicted octanol–water partition coefficient (Wildman–Crippen LogP) is 2.25. The van der Waals surface area contributed by atoms with E-state index >= 15 is 0 Å². The van der Waals surface area contributed by atoms with E-state index < -0.39 is 4.92 Å². The molecule has 1 aliphatic rings. The minimum absolute atomic E-state index is 0.0677. The Morgan fingerprint density at radius 2 is 2.05 bits per heavy atom. The number of hydrogen-bond acceptors (Lipinski definition) is 4. The van der Waals surface area contributed by atoms with Gasteiger partial charge in [-0.25, -0.2) is 0 Å². The molecule has 0 aliphatic heterocycles. The Labute approximate surface area is 121 Å². The predicted molar refractivity (Wildman–Crippen MR) is 75.8 cm³/mol. The summed E-state index contributed by atoms with van der Waals surface area (Å²) < 4.78 is 0. The monoisotopic (exact) mass is 297 g/mol. The standard InChI is InChI=1S/C13H16ClN3O3/c14-9-5-8(6-10(7-9)17(19)20)13(18)16-12-4-2-1-3-11(12)15/h5-7,11-12H,1-4,15H2,(H,16,18)/t11-,12-/m1/s1. The first-order valence-electron chi connectivity index (χ1n) is 6.49. The highest BCUT2D eigenvalue weighted by molar-refractivity contribution is 6.31. The van der Waals surface area contributed by atoms with Crippen LogP contribution in [0.3, 0.4) is 0 Å². The van der Waals surface area contributed by atoms with Crippen molar-refractivity contribution >= 4 is 23.2 Å². The molecule has 6 nitrogen and oxygen atoms in total. The zero-order chi connectivity index (χ0) is 14.7. The number of nitrogens with two attached hydrogens (primary N) is 1.